The molecule has 1 heterocycles. The molecule has 4 heteroatoms. The van der Waals surface area contributed by atoms with E-state index < -0.39 is 0 Å². The van der Waals surface area contributed by atoms with Gasteiger partial charge >= 0.3 is 0 Å². The number of piperidine rings is 1. The Hall–Kier alpha value is -0.580. The van der Waals surface area contributed by atoms with Crippen LogP contribution in [0.3, 0.4) is 0 Å². The molecule has 0 bridgehead atoms. The van der Waals surface area contributed by atoms with Crippen LogP contribution in [0, 0.1) is 5.92 Å². The lowest BCUT2D eigenvalue weighted by molar-refractivity contribution is 0.244. The molecule has 112 valence electrons. The zero-order chi connectivity index (χ0) is 14.5. The molecule has 2 atom stereocenters. The molecule has 20 heavy (non-hydrogen) atoms. The summed E-state index contributed by atoms with van der Waals surface area (Å²) in [6.07, 6.45) is 3.37. The second-order valence-electron chi connectivity index (χ2n) is 5.69. The van der Waals surface area contributed by atoms with Crippen molar-refractivity contribution in [3.63, 3.8) is 0 Å². The SMILES string of the molecule is CNC(C)c1ccc(N2CCCC(CCO)C2)c(Br)c1. The zero-order valence-corrected chi connectivity index (χ0v) is 14.0. The number of anilines is 1. The van der Waals surface area contributed by atoms with Gasteiger partial charge in [0.05, 0.1) is 5.69 Å². The Kier molecular flexibility index (Phi) is 5.87. The zero-order valence-electron chi connectivity index (χ0n) is 12.4. The number of nitrogens with zero attached hydrogens (tertiary/aromatic N) is 1. The fourth-order valence-corrected chi connectivity index (χ4v) is 3.56. The Balaban J connectivity index is 2.12. The first-order valence-corrected chi connectivity index (χ1v) is 8.27. The Morgan fingerprint density at radius 1 is 1.50 bits per heavy atom. The summed E-state index contributed by atoms with van der Waals surface area (Å²) < 4.78 is 1.17. The summed E-state index contributed by atoms with van der Waals surface area (Å²) in [5.74, 6) is 0.622. The van der Waals surface area contributed by atoms with Crippen molar-refractivity contribution in [3.8, 4) is 0 Å². The number of hydrogen-bond acceptors (Lipinski definition) is 3. The predicted molar refractivity (Wildman–Crippen MR) is 88.3 cm³/mol. The van der Waals surface area contributed by atoms with Gasteiger partial charge in [0.25, 0.3) is 0 Å². The van der Waals surface area contributed by atoms with Gasteiger partial charge in [-0.25, -0.2) is 0 Å². The molecule has 3 nitrogen and oxygen atoms in total. The number of rotatable bonds is 5. The Morgan fingerprint density at radius 2 is 2.30 bits per heavy atom. The minimum atomic E-state index is 0.304. The van der Waals surface area contributed by atoms with Gasteiger partial charge in [-0.3, -0.25) is 0 Å². The fraction of sp³-hybridized carbons (Fsp3) is 0.625. The van der Waals surface area contributed by atoms with E-state index in [0.29, 0.717) is 18.6 Å². The van der Waals surface area contributed by atoms with Crippen LogP contribution in [0.4, 0.5) is 5.69 Å². The lowest BCUT2D eigenvalue weighted by atomic mass is 9.94. The Labute approximate surface area is 130 Å². The van der Waals surface area contributed by atoms with Gasteiger partial charge in [-0.1, -0.05) is 6.07 Å². The van der Waals surface area contributed by atoms with Crippen molar-refractivity contribution in [2.45, 2.75) is 32.2 Å². The van der Waals surface area contributed by atoms with Gasteiger partial charge in [-0.2, -0.15) is 0 Å². The third-order valence-electron chi connectivity index (χ3n) is 4.30. The van der Waals surface area contributed by atoms with Crippen LogP contribution in [0.1, 0.15) is 37.8 Å². The second-order valence-corrected chi connectivity index (χ2v) is 6.54. The normalized spacial score (nSPS) is 21.0. The smallest absolute Gasteiger partial charge is 0.0510 e. The van der Waals surface area contributed by atoms with Gasteiger partial charge in [-0.15, -0.1) is 0 Å². The molecule has 1 aromatic rings. The molecule has 1 fully saturated rings. The Morgan fingerprint density at radius 3 is 2.95 bits per heavy atom. The van der Waals surface area contributed by atoms with E-state index in [9.17, 15) is 0 Å². The van der Waals surface area contributed by atoms with Crippen molar-refractivity contribution >= 4 is 21.6 Å². The van der Waals surface area contributed by atoms with E-state index >= 15 is 0 Å². The maximum atomic E-state index is 9.12. The van der Waals surface area contributed by atoms with E-state index in [4.69, 9.17) is 5.11 Å². The van der Waals surface area contributed by atoms with E-state index in [1.54, 1.807) is 0 Å². The third-order valence-corrected chi connectivity index (χ3v) is 4.94. The standard InChI is InChI=1S/C16H25BrN2O/c1-12(18-2)14-5-6-16(15(17)10-14)19-8-3-4-13(11-19)7-9-20/h5-6,10,12-13,18,20H,3-4,7-9,11H2,1-2H3. The first kappa shape index (κ1) is 15.8. The van der Waals surface area contributed by atoms with E-state index in [2.05, 4.69) is 51.3 Å². The number of hydrogen-bond donors (Lipinski definition) is 2. The van der Waals surface area contributed by atoms with Gasteiger partial charge in [0, 0.05) is 30.2 Å². The number of halogens is 1. The molecule has 1 aromatic carbocycles. The number of benzene rings is 1. The highest BCUT2D eigenvalue weighted by atomic mass is 79.9. The molecule has 0 radical (unpaired) electrons. The minimum absolute atomic E-state index is 0.304. The maximum Gasteiger partial charge on any atom is 0.0510 e. The van der Waals surface area contributed by atoms with Crippen LogP contribution < -0.4 is 10.2 Å². The van der Waals surface area contributed by atoms with Gasteiger partial charge in [-0.05, 0) is 72.8 Å². The maximum absolute atomic E-state index is 9.12. The molecule has 2 rings (SSSR count). The van der Waals surface area contributed by atoms with Crippen molar-refractivity contribution in [1.29, 1.82) is 0 Å². The summed E-state index contributed by atoms with van der Waals surface area (Å²) in [7, 11) is 1.98. The molecule has 0 aliphatic carbocycles. The van der Waals surface area contributed by atoms with Gasteiger partial charge in [0.2, 0.25) is 0 Å². The van der Waals surface area contributed by atoms with Gasteiger partial charge in [0.1, 0.15) is 0 Å². The van der Waals surface area contributed by atoms with E-state index in [0.717, 1.165) is 19.5 Å². The number of nitrogens with one attached hydrogen (secondary N) is 1. The molecule has 2 N–H and O–H groups in total. The van der Waals surface area contributed by atoms with Crippen LogP contribution in [-0.4, -0.2) is 31.9 Å². The average Bonchev–Trinajstić information content (AvgIpc) is 2.47. The molecule has 0 aromatic heterocycles. The van der Waals surface area contributed by atoms with Crippen molar-refractivity contribution in [2.75, 3.05) is 31.6 Å². The predicted octanol–water partition coefficient (Wildman–Crippen LogP) is 3.33. The van der Waals surface area contributed by atoms with Crippen LogP contribution in [-0.2, 0) is 0 Å². The van der Waals surface area contributed by atoms with Crippen molar-refractivity contribution in [1.82, 2.24) is 5.32 Å². The number of aliphatic hydroxyl groups is 1. The molecule has 1 aliphatic rings. The first-order chi connectivity index (χ1) is 9.65. The van der Waals surface area contributed by atoms with Gasteiger partial charge in [0.15, 0.2) is 0 Å². The van der Waals surface area contributed by atoms with Crippen LogP contribution in [0.25, 0.3) is 0 Å². The van der Waals surface area contributed by atoms with Crippen molar-refractivity contribution in [2.24, 2.45) is 5.92 Å². The molecular weight excluding hydrogens is 316 g/mol. The minimum Gasteiger partial charge on any atom is -0.396 e. The quantitative estimate of drug-likeness (QED) is 0.862. The van der Waals surface area contributed by atoms with E-state index in [-0.39, 0.29) is 0 Å². The number of aliphatic hydroxyl groups excluding tert-OH is 1. The summed E-state index contributed by atoms with van der Waals surface area (Å²) in [4.78, 5) is 2.45. The van der Waals surface area contributed by atoms with E-state index in [1.165, 1.54) is 28.6 Å². The van der Waals surface area contributed by atoms with Crippen LogP contribution in [0.15, 0.2) is 22.7 Å². The molecular formula is C16H25BrN2O. The van der Waals surface area contributed by atoms with Crippen molar-refractivity contribution < 1.29 is 5.11 Å². The summed E-state index contributed by atoms with van der Waals surface area (Å²) in [5, 5.41) is 12.4. The lowest BCUT2D eigenvalue weighted by Gasteiger charge is -2.35. The highest BCUT2D eigenvalue weighted by molar-refractivity contribution is 9.10. The molecule has 2 unspecified atom stereocenters. The largest absolute Gasteiger partial charge is 0.396 e. The first-order valence-electron chi connectivity index (χ1n) is 7.48. The molecule has 0 amide bonds. The van der Waals surface area contributed by atoms with Gasteiger partial charge < -0.3 is 15.3 Å². The molecule has 0 spiro atoms. The lowest BCUT2D eigenvalue weighted by Crippen LogP contribution is -2.36. The molecule has 1 saturated heterocycles. The average molecular weight is 341 g/mol. The summed E-state index contributed by atoms with van der Waals surface area (Å²) >= 11 is 3.72. The highest BCUT2D eigenvalue weighted by Gasteiger charge is 2.21. The highest BCUT2D eigenvalue weighted by Crippen LogP contribution is 2.32. The third kappa shape index (κ3) is 3.74. The Bertz CT molecular complexity index is 436. The molecule has 1 aliphatic heterocycles. The van der Waals surface area contributed by atoms with Crippen LogP contribution in [0.5, 0.6) is 0 Å². The summed E-state index contributed by atoms with van der Waals surface area (Å²) in [6, 6.07) is 7.00. The fourth-order valence-electron chi connectivity index (χ4n) is 2.92. The summed E-state index contributed by atoms with van der Waals surface area (Å²) in [6.45, 7) is 4.64. The van der Waals surface area contributed by atoms with Crippen LogP contribution in [0.2, 0.25) is 0 Å². The topological polar surface area (TPSA) is 35.5 Å². The monoisotopic (exact) mass is 340 g/mol. The second kappa shape index (κ2) is 7.43. The van der Waals surface area contributed by atoms with Crippen molar-refractivity contribution in [3.05, 3.63) is 28.2 Å². The molecule has 0 saturated carbocycles. The van der Waals surface area contributed by atoms with Crippen LogP contribution >= 0.6 is 15.9 Å². The summed E-state index contributed by atoms with van der Waals surface area (Å²) in [5.41, 5.74) is 2.58. The van der Waals surface area contributed by atoms with E-state index in [1.807, 2.05) is 7.05 Å².